The molecule has 0 aliphatic rings. The smallest absolute Gasteiger partial charge is 0.449 e. The standard InChI is InChI=1S/C10H8O3/c11-10(12)13-8-4-7-9-5-2-1-3-6-9/h1-3,5-6H,7H2,(H,11,12). The van der Waals surface area contributed by atoms with Crippen LogP contribution in [0, 0.1) is 12.0 Å². The molecule has 0 amide bonds. The van der Waals surface area contributed by atoms with Crippen molar-refractivity contribution in [1.29, 1.82) is 0 Å². The lowest BCUT2D eigenvalue weighted by Gasteiger charge is -1.90. The Hall–Kier alpha value is -1.95. The van der Waals surface area contributed by atoms with Crippen molar-refractivity contribution in [3.63, 3.8) is 0 Å². The van der Waals surface area contributed by atoms with Crippen LogP contribution in [0.1, 0.15) is 5.56 Å². The Morgan fingerprint density at radius 2 is 2.08 bits per heavy atom. The molecule has 0 aliphatic carbocycles. The molecule has 1 aromatic rings. The number of benzene rings is 1. The molecule has 0 saturated carbocycles. The topological polar surface area (TPSA) is 46.5 Å². The Bertz CT molecular complexity index is 332. The second kappa shape index (κ2) is 4.83. The number of carbonyl (C=O) groups is 1. The van der Waals surface area contributed by atoms with Crippen LogP contribution in [0.2, 0.25) is 0 Å². The van der Waals surface area contributed by atoms with Gasteiger partial charge in [0.05, 0.1) is 0 Å². The summed E-state index contributed by atoms with van der Waals surface area (Å²) in [5.41, 5.74) is 1.03. The molecule has 0 aliphatic heterocycles. The number of hydrogen-bond donors (Lipinski definition) is 1. The maximum absolute atomic E-state index is 9.89. The van der Waals surface area contributed by atoms with Crippen LogP contribution in [0.25, 0.3) is 0 Å². The van der Waals surface area contributed by atoms with Crippen molar-refractivity contribution in [1.82, 2.24) is 0 Å². The van der Waals surface area contributed by atoms with E-state index in [-0.39, 0.29) is 0 Å². The Morgan fingerprint density at radius 3 is 2.69 bits per heavy atom. The first-order valence-corrected chi connectivity index (χ1v) is 3.70. The molecular weight excluding hydrogens is 168 g/mol. The molecule has 0 unspecified atom stereocenters. The third-order valence-electron chi connectivity index (χ3n) is 1.35. The number of rotatable bonds is 1. The molecule has 1 aromatic carbocycles. The Balaban J connectivity index is 2.42. The summed E-state index contributed by atoms with van der Waals surface area (Å²) in [5, 5.41) is 8.09. The van der Waals surface area contributed by atoms with E-state index in [1.165, 1.54) is 0 Å². The van der Waals surface area contributed by atoms with E-state index in [0.29, 0.717) is 6.42 Å². The fraction of sp³-hybridized carbons (Fsp3) is 0.100. The summed E-state index contributed by atoms with van der Waals surface area (Å²) in [6.45, 7) is 0. The van der Waals surface area contributed by atoms with Crippen LogP contribution in [-0.2, 0) is 11.2 Å². The lowest BCUT2D eigenvalue weighted by Crippen LogP contribution is -1.92. The van der Waals surface area contributed by atoms with Crippen LogP contribution in [-0.4, -0.2) is 11.3 Å². The van der Waals surface area contributed by atoms with Crippen molar-refractivity contribution < 1.29 is 14.6 Å². The van der Waals surface area contributed by atoms with Crippen LogP contribution in [0.15, 0.2) is 30.3 Å². The van der Waals surface area contributed by atoms with Gasteiger partial charge < -0.3 is 9.84 Å². The van der Waals surface area contributed by atoms with Gasteiger partial charge in [0.1, 0.15) is 6.11 Å². The highest BCUT2D eigenvalue weighted by atomic mass is 16.7. The molecule has 0 radical (unpaired) electrons. The fourth-order valence-electron chi connectivity index (χ4n) is 0.814. The SMILES string of the molecule is O=C(O)OC#CCc1ccccc1. The molecular formula is C10H8O3. The van der Waals surface area contributed by atoms with Crippen molar-refractivity contribution in [3.8, 4) is 12.0 Å². The van der Waals surface area contributed by atoms with Gasteiger partial charge in [-0.05, 0) is 5.56 Å². The van der Waals surface area contributed by atoms with Crippen LogP contribution in [0.3, 0.4) is 0 Å². The quantitative estimate of drug-likeness (QED) is 0.525. The number of carboxylic acid groups (broad SMARTS) is 1. The zero-order valence-electron chi connectivity index (χ0n) is 6.86. The minimum atomic E-state index is -1.37. The summed E-state index contributed by atoms with van der Waals surface area (Å²) in [5.74, 6) is 2.58. The van der Waals surface area contributed by atoms with E-state index in [2.05, 4.69) is 16.8 Å². The van der Waals surface area contributed by atoms with Gasteiger partial charge in [0.25, 0.3) is 0 Å². The molecule has 0 fully saturated rings. The van der Waals surface area contributed by atoms with Crippen molar-refractivity contribution >= 4 is 6.16 Å². The Morgan fingerprint density at radius 1 is 1.38 bits per heavy atom. The molecule has 0 bridgehead atoms. The van der Waals surface area contributed by atoms with Gasteiger partial charge >= 0.3 is 6.16 Å². The minimum Gasteiger partial charge on any atom is -0.449 e. The summed E-state index contributed by atoms with van der Waals surface area (Å²) in [6.07, 6.45) is 1.20. The Labute approximate surface area is 76.0 Å². The van der Waals surface area contributed by atoms with Gasteiger partial charge in [-0.15, -0.1) is 0 Å². The Kier molecular flexibility index (Phi) is 3.40. The first-order chi connectivity index (χ1) is 6.29. The molecule has 0 saturated heterocycles. The monoisotopic (exact) mass is 176 g/mol. The van der Waals surface area contributed by atoms with Gasteiger partial charge in [-0.25, -0.2) is 4.79 Å². The molecule has 66 valence electrons. The van der Waals surface area contributed by atoms with Crippen LogP contribution in [0.5, 0.6) is 0 Å². The predicted molar refractivity (Wildman–Crippen MR) is 47.0 cm³/mol. The second-order valence-corrected chi connectivity index (χ2v) is 2.31. The van der Waals surface area contributed by atoms with Crippen LogP contribution in [0.4, 0.5) is 4.79 Å². The van der Waals surface area contributed by atoms with E-state index in [1.54, 1.807) is 0 Å². The molecule has 13 heavy (non-hydrogen) atoms. The van der Waals surface area contributed by atoms with E-state index >= 15 is 0 Å². The first-order valence-electron chi connectivity index (χ1n) is 3.70. The maximum Gasteiger partial charge on any atom is 0.520 e. The normalized spacial score (nSPS) is 8.31. The van der Waals surface area contributed by atoms with E-state index in [9.17, 15) is 4.79 Å². The summed E-state index contributed by atoms with van der Waals surface area (Å²) in [7, 11) is 0. The van der Waals surface area contributed by atoms with Gasteiger partial charge in [-0.3, -0.25) is 0 Å². The lowest BCUT2D eigenvalue weighted by atomic mass is 10.2. The van der Waals surface area contributed by atoms with E-state index in [4.69, 9.17) is 5.11 Å². The predicted octanol–water partition coefficient (Wildman–Crippen LogP) is 1.88. The summed E-state index contributed by atoms with van der Waals surface area (Å²) in [6, 6.07) is 9.53. The largest absolute Gasteiger partial charge is 0.520 e. The maximum atomic E-state index is 9.89. The third kappa shape index (κ3) is 3.82. The third-order valence-corrected chi connectivity index (χ3v) is 1.35. The fourth-order valence-corrected chi connectivity index (χ4v) is 0.814. The van der Waals surface area contributed by atoms with Crippen molar-refractivity contribution in [2.24, 2.45) is 0 Å². The minimum absolute atomic E-state index is 0.494. The zero-order chi connectivity index (χ0) is 9.52. The van der Waals surface area contributed by atoms with Crippen molar-refractivity contribution in [2.75, 3.05) is 0 Å². The van der Waals surface area contributed by atoms with E-state index in [0.717, 1.165) is 5.56 Å². The van der Waals surface area contributed by atoms with Gasteiger partial charge in [0, 0.05) is 6.42 Å². The average Bonchev–Trinajstić information content (AvgIpc) is 2.14. The molecule has 0 atom stereocenters. The van der Waals surface area contributed by atoms with Crippen LogP contribution < -0.4 is 0 Å². The molecule has 0 spiro atoms. The molecule has 1 N–H and O–H groups in total. The highest BCUT2D eigenvalue weighted by Gasteiger charge is 1.89. The first kappa shape index (κ1) is 9.14. The van der Waals surface area contributed by atoms with Crippen LogP contribution >= 0.6 is 0 Å². The van der Waals surface area contributed by atoms with E-state index < -0.39 is 6.16 Å². The van der Waals surface area contributed by atoms with Gasteiger partial charge in [-0.1, -0.05) is 36.3 Å². The summed E-state index contributed by atoms with van der Waals surface area (Å²) >= 11 is 0. The molecule has 3 heteroatoms. The van der Waals surface area contributed by atoms with Gasteiger partial charge in [0.2, 0.25) is 0 Å². The highest BCUT2D eigenvalue weighted by molar-refractivity contribution is 5.58. The summed E-state index contributed by atoms with van der Waals surface area (Å²) < 4.78 is 4.02. The average molecular weight is 176 g/mol. The second-order valence-electron chi connectivity index (χ2n) is 2.31. The van der Waals surface area contributed by atoms with Gasteiger partial charge in [-0.2, -0.15) is 0 Å². The molecule has 0 heterocycles. The van der Waals surface area contributed by atoms with Gasteiger partial charge in [0.15, 0.2) is 0 Å². The number of hydrogen-bond acceptors (Lipinski definition) is 2. The molecule has 1 rings (SSSR count). The number of ether oxygens (including phenoxy) is 1. The highest BCUT2D eigenvalue weighted by Crippen LogP contribution is 1.97. The zero-order valence-corrected chi connectivity index (χ0v) is 6.86. The van der Waals surface area contributed by atoms with Crippen molar-refractivity contribution in [3.05, 3.63) is 35.9 Å². The summed E-state index contributed by atoms with van der Waals surface area (Å²) in [4.78, 5) is 9.89. The van der Waals surface area contributed by atoms with Crippen molar-refractivity contribution in [2.45, 2.75) is 6.42 Å². The molecule has 3 nitrogen and oxygen atoms in total. The van der Waals surface area contributed by atoms with E-state index in [1.807, 2.05) is 30.3 Å². The lowest BCUT2D eigenvalue weighted by molar-refractivity contribution is 0.134. The molecule has 0 aromatic heterocycles.